The number of nitrogens with zero attached hydrogens (tertiary/aromatic N) is 4. The van der Waals surface area contributed by atoms with Gasteiger partial charge in [0.1, 0.15) is 5.82 Å². The molecular weight excluding hydrogens is 409 g/mol. The summed E-state index contributed by atoms with van der Waals surface area (Å²) in [5, 5.41) is 14.0. The Balaban J connectivity index is 1.58. The molecule has 0 spiro atoms. The van der Waals surface area contributed by atoms with Crippen molar-refractivity contribution in [2.75, 3.05) is 5.32 Å². The summed E-state index contributed by atoms with van der Waals surface area (Å²) >= 11 is 0. The smallest absolute Gasteiger partial charge is 0.363 e. The van der Waals surface area contributed by atoms with E-state index in [-0.39, 0.29) is 24.5 Å². The fraction of sp³-hybridized carbons (Fsp3) is 0.381. The molecule has 2 aromatic heterocycles. The minimum absolute atomic E-state index is 0.0668. The summed E-state index contributed by atoms with van der Waals surface area (Å²) < 4.78 is 43.9. The second kappa shape index (κ2) is 7.75. The van der Waals surface area contributed by atoms with Crippen molar-refractivity contribution >= 4 is 11.7 Å². The molecule has 0 saturated carbocycles. The Morgan fingerprint density at radius 2 is 1.94 bits per heavy atom. The van der Waals surface area contributed by atoms with Crippen LogP contribution >= 0.6 is 0 Å². The SMILES string of the molecule is Cc1ccc([C@H]2C[C@@H](C(F)(F)F)n3nc(C(=O)NCc4cn(C)nc4C)cc3N2)cc1. The highest BCUT2D eigenvalue weighted by Gasteiger charge is 2.46. The van der Waals surface area contributed by atoms with Crippen molar-refractivity contribution in [2.24, 2.45) is 7.05 Å². The molecule has 7 nitrogen and oxygen atoms in total. The molecule has 0 radical (unpaired) electrons. The van der Waals surface area contributed by atoms with Crippen LogP contribution < -0.4 is 10.6 Å². The van der Waals surface area contributed by atoms with E-state index in [1.165, 1.54) is 6.07 Å². The molecule has 0 unspecified atom stereocenters. The molecule has 2 atom stereocenters. The number of fused-ring (bicyclic) bond motifs is 1. The van der Waals surface area contributed by atoms with E-state index >= 15 is 0 Å². The van der Waals surface area contributed by atoms with Crippen LogP contribution in [0.5, 0.6) is 0 Å². The van der Waals surface area contributed by atoms with E-state index in [1.807, 2.05) is 38.1 Å². The Morgan fingerprint density at radius 1 is 1.23 bits per heavy atom. The molecule has 31 heavy (non-hydrogen) atoms. The van der Waals surface area contributed by atoms with Crippen LogP contribution in [-0.2, 0) is 13.6 Å². The second-order valence-electron chi connectivity index (χ2n) is 7.86. The Bertz CT molecular complexity index is 1100. The standard InChI is InChI=1S/C21H23F3N6O/c1-12-4-6-14(7-5-12)16-8-18(21(22,23)24)30-19(26-16)9-17(28-30)20(31)25-10-15-11-29(3)27-13(15)2/h4-7,9,11,16,18,26H,8,10H2,1-3H3,(H,25,31)/t16-,18+/m1/s1. The average molecular weight is 432 g/mol. The van der Waals surface area contributed by atoms with Gasteiger partial charge in [0.15, 0.2) is 11.7 Å². The van der Waals surface area contributed by atoms with E-state index in [0.29, 0.717) is 0 Å². The second-order valence-corrected chi connectivity index (χ2v) is 7.86. The molecule has 1 aliphatic heterocycles. The average Bonchev–Trinajstić information content (AvgIpc) is 3.27. The van der Waals surface area contributed by atoms with Gasteiger partial charge in [-0.25, -0.2) is 4.68 Å². The molecule has 10 heteroatoms. The number of hydrogen-bond donors (Lipinski definition) is 2. The summed E-state index contributed by atoms with van der Waals surface area (Å²) in [7, 11) is 1.77. The highest BCUT2D eigenvalue weighted by molar-refractivity contribution is 5.93. The van der Waals surface area contributed by atoms with Crippen LogP contribution in [-0.4, -0.2) is 31.6 Å². The number of aryl methyl sites for hydroxylation is 3. The Kier molecular flexibility index (Phi) is 5.24. The van der Waals surface area contributed by atoms with Crippen LogP contribution in [0, 0.1) is 13.8 Å². The zero-order valence-electron chi connectivity index (χ0n) is 17.4. The van der Waals surface area contributed by atoms with Crippen molar-refractivity contribution in [1.82, 2.24) is 24.9 Å². The fourth-order valence-electron chi connectivity index (χ4n) is 3.79. The van der Waals surface area contributed by atoms with Gasteiger partial charge in [0, 0.05) is 37.8 Å². The summed E-state index contributed by atoms with van der Waals surface area (Å²) in [6, 6.07) is 6.37. The van der Waals surface area contributed by atoms with Gasteiger partial charge in [0.2, 0.25) is 0 Å². The number of rotatable bonds is 4. The number of hydrogen-bond acceptors (Lipinski definition) is 4. The van der Waals surface area contributed by atoms with Gasteiger partial charge in [-0.2, -0.15) is 23.4 Å². The lowest BCUT2D eigenvalue weighted by Crippen LogP contribution is -2.35. The van der Waals surface area contributed by atoms with Gasteiger partial charge in [-0.3, -0.25) is 9.48 Å². The molecule has 164 valence electrons. The van der Waals surface area contributed by atoms with E-state index in [0.717, 1.165) is 27.1 Å². The monoisotopic (exact) mass is 432 g/mol. The van der Waals surface area contributed by atoms with Crippen molar-refractivity contribution < 1.29 is 18.0 Å². The maximum Gasteiger partial charge on any atom is 0.410 e. The first-order valence-electron chi connectivity index (χ1n) is 9.88. The first kappa shape index (κ1) is 21.0. The van der Waals surface area contributed by atoms with E-state index in [2.05, 4.69) is 20.8 Å². The molecule has 2 N–H and O–H groups in total. The predicted octanol–water partition coefficient (Wildman–Crippen LogP) is 3.82. The number of nitrogens with one attached hydrogen (secondary N) is 2. The van der Waals surface area contributed by atoms with Gasteiger partial charge in [0.25, 0.3) is 5.91 Å². The number of benzene rings is 1. The van der Waals surface area contributed by atoms with Crippen LogP contribution in [0.3, 0.4) is 0 Å². The minimum Gasteiger partial charge on any atom is -0.363 e. The molecule has 4 rings (SSSR count). The van der Waals surface area contributed by atoms with Crippen LogP contribution in [0.2, 0.25) is 0 Å². The highest BCUT2D eigenvalue weighted by atomic mass is 19.4. The first-order valence-corrected chi connectivity index (χ1v) is 9.88. The number of alkyl halides is 3. The summed E-state index contributed by atoms with van der Waals surface area (Å²) in [4.78, 5) is 12.6. The molecule has 1 aliphatic rings. The Morgan fingerprint density at radius 3 is 2.55 bits per heavy atom. The Labute approximate surface area is 177 Å². The van der Waals surface area contributed by atoms with Crippen molar-refractivity contribution in [1.29, 1.82) is 0 Å². The lowest BCUT2D eigenvalue weighted by molar-refractivity contribution is -0.173. The van der Waals surface area contributed by atoms with Crippen molar-refractivity contribution in [2.45, 2.75) is 45.1 Å². The van der Waals surface area contributed by atoms with Crippen molar-refractivity contribution in [3.8, 4) is 0 Å². The molecule has 1 amide bonds. The third kappa shape index (κ3) is 4.28. The minimum atomic E-state index is -4.49. The summed E-state index contributed by atoms with van der Waals surface area (Å²) in [5.41, 5.74) is 3.31. The van der Waals surface area contributed by atoms with E-state index in [4.69, 9.17) is 0 Å². The van der Waals surface area contributed by atoms with Gasteiger partial charge in [-0.1, -0.05) is 29.8 Å². The topological polar surface area (TPSA) is 76.8 Å². The zero-order chi connectivity index (χ0) is 22.3. The van der Waals surface area contributed by atoms with E-state index < -0.39 is 24.2 Å². The van der Waals surface area contributed by atoms with Crippen molar-refractivity contribution in [3.63, 3.8) is 0 Å². The summed E-state index contributed by atoms with van der Waals surface area (Å²) in [6.07, 6.45) is -2.93. The molecule has 0 bridgehead atoms. The first-order chi connectivity index (χ1) is 14.6. The van der Waals surface area contributed by atoms with E-state index in [9.17, 15) is 18.0 Å². The molecule has 0 fully saturated rings. The largest absolute Gasteiger partial charge is 0.410 e. The summed E-state index contributed by atoms with van der Waals surface area (Å²) in [5.74, 6) is -0.373. The van der Waals surface area contributed by atoms with Crippen LogP contribution in [0.25, 0.3) is 0 Å². The molecule has 3 heterocycles. The number of amides is 1. The Hall–Kier alpha value is -3.30. The molecule has 0 saturated heterocycles. The fourth-order valence-corrected chi connectivity index (χ4v) is 3.79. The summed E-state index contributed by atoms with van der Waals surface area (Å²) in [6.45, 7) is 3.95. The normalized spacial score (nSPS) is 18.4. The lowest BCUT2D eigenvalue weighted by atomic mass is 9.96. The molecule has 0 aliphatic carbocycles. The van der Waals surface area contributed by atoms with Gasteiger partial charge in [-0.05, 0) is 19.4 Å². The lowest BCUT2D eigenvalue weighted by Gasteiger charge is -2.33. The zero-order valence-corrected chi connectivity index (χ0v) is 17.4. The van der Waals surface area contributed by atoms with Crippen LogP contribution in [0.15, 0.2) is 36.5 Å². The maximum absolute atomic E-state index is 13.8. The van der Waals surface area contributed by atoms with Crippen LogP contribution in [0.1, 0.15) is 51.4 Å². The third-order valence-corrected chi connectivity index (χ3v) is 5.46. The van der Waals surface area contributed by atoms with Crippen molar-refractivity contribution in [3.05, 3.63) is 64.6 Å². The number of carbonyl (C=O) groups excluding carboxylic acids is 1. The van der Waals surface area contributed by atoms with Gasteiger partial charge >= 0.3 is 6.18 Å². The van der Waals surface area contributed by atoms with Gasteiger partial charge in [-0.15, -0.1) is 0 Å². The molecule has 1 aromatic carbocycles. The number of anilines is 1. The molecule has 3 aromatic rings. The van der Waals surface area contributed by atoms with E-state index in [1.54, 1.807) is 17.9 Å². The van der Waals surface area contributed by atoms with Gasteiger partial charge < -0.3 is 10.6 Å². The quantitative estimate of drug-likeness (QED) is 0.657. The molecular formula is C21H23F3N6O. The predicted molar refractivity (Wildman–Crippen MR) is 109 cm³/mol. The maximum atomic E-state index is 13.8. The number of aromatic nitrogens is 4. The third-order valence-electron chi connectivity index (χ3n) is 5.46. The highest BCUT2D eigenvalue weighted by Crippen LogP contribution is 2.43. The number of carbonyl (C=O) groups is 1. The van der Waals surface area contributed by atoms with Gasteiger partial charge in [0.05, 0.1) is 11.7 Å². The number of halogens is 3. The van der Waals surface area contributed by atoms with Crippen LogP contribution in [0.4, 0.5) is 19.0 Å².